The molecule has 0 aliphatic carbocycles. The maximum absolute atomic E-state index is 14.3. The summed E-state index contributed by atoms with van der Waals surface area (Å²) in [6.07, 6.45) is 0. The second-order valence-corrected chi connectivity index (χ2v) is 8.25. The van der Waals surface area contributed by atoms with Crippen molar-refractivity contribution in [1.29, 1.82) is 0 Å². The molecular formula is C20H21FN4O3S. The third-order valence-electron chi connectivity index (χ3n) is 4.13. The maximum Gasteiger partial charge on any atom is 0.267 e. The van der Waals surface area contributed by atoms with E-state index < -0.39 is 17.3 Å². The van der Waals surface area contributed by atoms with Gasteiger partial charge in [-0.05, 0) is 18.2 Å². The highest BCUT2D eigenvalue weighted by Gasteiger charge is 2.18. The average molecular weight is 416 g/mol. The predicted molar refractivity (Wildman–Crippen MR) is 110 cm³/mol. The molecule has 0 aliphatic rings. The first kappa shape index (κ1) is 20.7. The molecule has 1 amide bonds. The van der Waals surface area contributed by atoms with Gasteiger partial charge in [-0.3, -0.25) is 9.59 Å². The number of benzene rings is 1. The van der Waals surface area contributed by atoms with Crippen LogP contribution in [0.2, 0.25) is 0 Å². The highest BCUT2D eigenvalue weighted by atomic mass is 32.1. The van der Waals surface area contributed by atoms with Crippen LogP contribution in [0.3, 0.4) is 0 Å². The molecule has 9 heteroatoms. The van der Waals surface area contributed by atoms with Crippen molar-refractivity contribution in [3.05, 3.63) is 57.6 Å². The smallest absolute Gasteiger partial charge is 0.267 e. The normalized spacial score (nSPS) is 11.3. The van der Waals surface area contributed by atoms with Gasteiger partial charge in [0.15, 0.2) is 5.13 Å². The fraction of sp³-hybridized carbons (Fsp3) is 0.300. The van der Waals surface area contributed by atoms with Gasteiger partial charge in [-0.25, -0.2) is 14.1 Å². The zero-order chi connectivity index (χ0) is 21.2. The van der Waals surface area contributed by atoms with Crippen molar-refractivity contribution in [3.63, 3.8) is 0 Å². The van der Waals surface area contributed by atoms with E-state index in [4.69, 9.17) is 4.74 Å². The number of amides is 1. The van der Waals surface area contributed by atoms with Crippen molar-refractivity contribution >= 4 is 22.4 Å². The molecule has 152 valence electrons. The van der Waals surface area contributed by atoms with Crippen LogP contribution in [0.5, 0.6) is 5.75 Å². The molecule has 7 nitrogen and oxygen atoms in total. The van der Waals surface area contributed by atoms with Crippen LogP contribution in [-0.2, 0) is 16.8 Å². The summed E-state index contributed by atoms with van der Waals surface area (Å²) in [6.45, 7) is 5.78. The molecule has 0 spiro atoms. The van der Waals surface area contributed by atoms with Crippen LogP contribution in [0.1, 0.15) is 26.5 Å². The lowest BCUT2D eigenvalue weighted by atomic mass is 9.93. The van der Waals surface area contributed by atoms with Crippen molar-refractivity contribution in [2.24, 2.45) is 0 Å². The molecule has 3 rings (SSSR count). The Balaban J connectivity index is 1.79. The monoisotopic (exact) mass is 416 g/mol. The molecular weight excluding hydrogens is 395 g/mol. The summed E-state index contributed by atoms with van der Waals surface area (Å²) in [5.41, 5.74) is 0.711. The number of rotatable bonds is 5. The number of carbonyl (C=O) groups excluding carboxylic acids is 1. The second kappa shape index (κ2) is 8.12. The van der Waals surface area contributed by atoms with Crippen LogP contribution in [0.4, 0.5) is 9.52 Å². The van der Waals surface area contributed by atoms with E-state index in [-0.39, 0.29) is 23.2 Å². The largest absolute Gasteiger partial charge is 0.497 e. The van der Waals surface area contributed by atoms with E-state index in [9.17, 15) is 14.0 Å². The molecule has 0 aliphatic heterocycles. The Morgan fingerprint density at radius 1 is 1.28 bits per heavy atom. The number of halogens is 1. The summed E-state index contributed by atoms with van der Waals surface area (Å²) in [6, 6.07) is 7.00. The maximum atomic E-state index is 14.3. The third-order valence-corrected chi connectivity index (χ3v) is 4.89. The summed E-state index contributed by atoms with van der Waals surface area (Å²) in [4.78, 5) is 28.9. The van der Waals surface area contributed by atoms with Gasteiger partial charge in [-0.1, -0.05) is 20.8 Å². The van der Waals surface area contributed by atoms with Crippen molar-refractivity contribution in [2.75, 3.05) is 12.4 Å². The summed E-state index contributed by atoms with van der Waals surface area (Å²) in [7, 11) is 1.44. The van der Waals surface area contributed by atoms with Crippen molar-refractivity contribution in [2.45, 2.75) is 32.7 Å². The number of hydrogen-bond acceptors (Lipinski definition) is 6. The molecule has 0 radical (unpaired) electrons. The van der Waals surface area contributed by atoms with E-state index in [1.54, 1.807) is 6.07 Å². The van der Waals surface area contributed by atoms with E-state index in [1.165, 1.54) is 42.7 Å². The number of carbonyl (C=O) groups is 1. The molecule has 29 heavy (non-hydrogen) atoms. The van der Waals surface area contributed by atoms with Gasteiger partial charge in [-0.15, -0.1) is 11.3 Å². The van der Waals surface area contributed by atoms with Gasteiger partial charge in [0, 0.05) is 28.5 Å². The minimum absolute atomic E-state index is 0.130. The number of aromatic nitrogens is 3. The Bertz CT molecular complexity index is 1100. The first-order valence-corrected chi connectivity index (χ1v) is 9.73. The number of nitrogens with zero attached hydrogens (tertiary/aromatic N) is 3. The van der Waals surface area contributed by atoms with Gasteiger partial charge in [0.1, 0.15) is 18.1 Å². The van der Waals surface area contributed by atoms with Crippen LogP contribution < -0.4 is 15.6 Å². The van der Waals surface area contributed by atoms with E-state index in [0.29, 0.717) is 10.9 Å². The minimum Gasteiger partial charge on any atom is -0.497 e. The highest BCUT2D eigenvalue weighted by molar-refractivity contribution is 7.13. The minimum atomic E-state index is -0.538. The summed E-state index contributed by atoms with van der Waals surface area (Å²) in [5.74, 6) is -0.609. The molecule has 3 aromatic rings. The lowest BCUT2D eigenvalue weighted by Gasteiger charge is -2.14. The van der Waals surface area contributed by atoms with Gasteiger partial charge < -0.3 is 10.1 Å². The van der Waals surface area contributed by atoms with Crippen molar-refractivity contribution in [3.8, 4) is 17.0 Å². The number of nitrogens with one attached hydrogen (secondary N) is 1. The molecule has 0 atom stereocenters. The number of hydrogen-bond donors (Lipinski definition) is 1. The Kier molecular flexibility index (Phi) is 5.78. The van der Waals surface area contributed by atoms with Crippen LogP contribution in [-0.4, -0.2) is 27.8 Å². The Morgan fingerprint density at radius 2 is 2.03 bits per heavy atom. The highest BCUT2D eigenvalue weighted by Crippen LogP contribution is 2.26. The Morgan fingerprint density at radius 3 is 2.66 bits per heavy atom. The van der Waals surface area contributed by atoms with E-state index in [1.807, 2.05) is 26.2 Å². The molecule has 2 heterocycles. The fourth-order valence-corrected chi connectivity index (χ4v) is 3.46. The number of methoxy groups -OCH3 is 1. The zero-order valence-corrected chi connectivity index (χ0v) is 17.3. The Labute approximate surface area is 171 Å². The third kappa shape index (κ3) is 4.86. The standard InChI is InChI=1S/C20H21FN4O3S/c1-20(2,3)16-11-29-19(22-16)23-17(26)10-25-18(27)8-7-15(24-25)13-6-5-12(28-4)9-14(13)21/h5-9,11H,10H2,1-4H3,(H,22,23,26). The molecule has 1 N–H and O–H groups in total. The van der Waals surface area contributed by atoms with Crippen molar-refractivity contribution < 1.29 is 13.9 Å². The first-order valence-electron chi connectivity index (χ1n) is 8.85. The Hall–Kier alpha value is -3.07. The van der Waals surface area contributed by atoms with Gasteiger partial charge in [-0.2, -0.15) is 5.10 Å². The van der Waals surface area contributed by atoms with Gasteiger partial charge in [0.25, 0.3) is 5.56 Å². The summed E-state index contributed by atoms with van der Waals surface area (Å²) >= 11 is 1.31. The topological polar surface area (TPSA) is 86.1 Å². The quantitative estimate of drug-likeness (QED) is 0.689. The van der Waals surface area contributed by atoms with Crippen LogP contribution in [0, 0.1) is 5.82 Å². The predicted octanol–water partition coefficient (Wildman–Crippen LogP) is 3.45. The average Bonchev–Trinajstić information content (AvgIpc) is 3.12. The molecule has 0 saturated carbocycles. The molecule has 0 unspecified atom stereocenters. The van der Waals surface area contributed by atoms with Gasteiger partial charge in [0.2, 0.25) is 5.91 Å². The second-order valence-electron chi connectivity index (χ2n) is 7.40. The van der Waals surface area contributed by atoms with Gasteiger partial charge in [0.05, 0.1) is 18.5 Å². The van der Waals surface area contributed by atoms with E-state index in [2.05, 4.69) is 15.4 Å². The molecule has 1 aromatic carbocycles. The van der Waals surface area contributed by atoms with E-state index in [0.717, 1.165) is 10.4 Å². The lowest BCUT2D eigenvalue weighted by molar-refractivity contribution is -0.117. The van der Waals surface area contributed by atoms with Crippen LogP contribution in [0.25, 0.3) is 11.3 Å². The molecule has 0 fully saturated rings. The van der Waals surface area contributed by atoms with Gasteiger partial charge >= 0.3 is 0 Å². The SMILES string of the molecule is COc1ccc(-c2ccc(=O)n(CC(=O)Nc3nc(C(C)(C)C)cs3)n2)c(F)c1. The van der Waals surface area contributed by atoms with E-state index >= 15 is 0 Å². The molecule has 0 bridgehead atoms. The zero-order valence-electron chi connectivity index (χ0n) is 16.5. The number of ether oxygens (including phenoxy) is 1. The number of thiazole rings is 1. The molecule has 2 aromatic heterocycles. The fourth-order valence-electron chi connectivity index (χ4n) is 2.51. The van der Waals surface area contributed by atoms with Crippen LogP contribution in [0.15, 0.2) is 40.5 Å². The van der Waals surface area contributed by atoms with Crippen LogP contribution >= 0.6 is 11.3 Å². The first-order chi connectivity index (χ1) is 13.7. The number of anilines is 1. The summed E-state index contributed by atoms with van der Waals surface area (Å²) < 4.78 is 20.3. The van der Waals surface area contributed by atoms with Crippen molar-refractivity contribution in [1.82, 2.24) is 14.8 Å². The lowest BCUT2D eigenvalue weighted by Crippen LogP contribution is -2.29. The summed E-state index contributed by atoms with van der Waals surface area (Å²) in [5, 5.41) is 9.14. The molecule has 0 saturated heterocycles.